The highest BCUT2D eigenvalue weighted by atomic mass is 16.5. The quantitative estimate of drug-likeness (QED) is 0.147. The summed E-state index contributed by atoms with van der Waals surface area (Å²) in [7, 11) is 3.45. The van der Waals surface area contributed by atoms with Crippen LogP contribution in [0.25, 0.3) is 16.7 Å². The molecule has 0 unspecified atom stereocenters. The van der Waals surface area contributed by atoms with Crippen molar-refractivity contribution in [2.75, 3.05) is 26.1 Å². The lowest BCUT2D eigenvalue weighted by atomic mass is 10.1. The Labute approximate surface area is 251 Å². The summed E-state index contributed by atoms with van der Waals surface area (Å²) >= 11 is 0. The van der Waals surface area contributed by atoms with Crippen molar-refractivity contribution in [3.05, 3.63) is 94.9 Å². The highest BCUT2D eigenvalue weighted by Gasteiger charge is 2.23. The third kappa shape index (κ3) is 7.18. The molecule has 0 bridgehead atoms. The number of Topliss-reactive ketones (excluding diaryl/α,β-unsaturated/α-hetero) is 1. The van der Waals surface area contributed by atoms with E-state index in [-0.39, 0.29) is 17.4 Å². The lowest BCUT2D eigenvalue weighted by Crippen LogP contribution is -2.09. The minimum atomic E-state index is -0.311. The van der Waals surface area contributed by atoms with Gasteiger partial charge in [0.25, 0.3) is 0 Å². The molecule has 0 saturated carbocycles. The number of aryl methyl sites for hydroxylation is 1. The highest BCUT2D eigenvalue weighted by molar-refractivity contribution is 6.11. The van der Waals surface area contributed by atoms with Crippen molar-refractivity contribution in [2.24, 2.45) is 0 Å². The van der Waals surface area contributed by atoms with Crippen molar-refractivity contribution >= 4 is 28.4 Å². The fourth-order valence-electron chi connectivity index (χ4n) is 4.45. The van der Waals surface area contributed by atoms with Gasteiger partial charge in [0.1, 0.15) is 17.3 Å². The van der Waals surface area contributed by atoms with E-state index < -0.39 is 0 Å². The summed E-state index contributed by atoms with van der Waals surface area (Å²) < 4.78 is 12.4. The lowest BCUT2D eigenvalue weighted by Gasteiger charge is -2.13. The van der Waals surface area contributed by atoms with Crippen molar-refractivity contribution in [1.82, 2.24) is 19.7 Å². The average molecular weight is 578 g/mol. The molecule has 5 rings (SSSR count). The Morgan fingerprint density at radius 3 is 2.51 bits per heavy atom. The normalized spacial score (nSPS) is 10.4. The van der Waals surface area contributed by atoms with E-state index in [0.717, 1.165) is 29.8 Å². The molecule has 2 aromatic heterocycles. The minimum absolute atomic E-state index is 0.0563. The Balaban J connectivity index is 0.000000782. The molecule has 0 aliphatic heterocycles. The van der Waals surface area contributed by atoms with Crippen LogP contribution >= 0.6 is 0 Å². The summed E-state index contributed by atoms with van der Waals surface area (Å²) in [4.78, 5) is 32.6. The van der Waals surface area contributed by atoms with Gasteiger partial charge < -0.3 is 19.8 Å². The highest BCUT2D eigenvalue weighted by Crippen LogP contribution is 2.29. The number of carbonyl (C=O) groups is 2. The molecule has 0 radical (unpaired) electrons. The van der Waals surface area contributed by atoms with Gasteiger partial charge in [-0.25, -0.2) is 9.67 Å². The first kappa shape index (κ1) is 30.8. The number of aromatic nitrogens is 4. The monoisotopic (exact) mass is 577 g/mol. The smallest absolute Gasteiger partial charge is 0.233 e. The number of anilines is 1. The van der Waals surface area contributed by atoms with E-state index in [1.165, 1.54) is 13.1 Å². The molecule has 9 heteroatoms. The average Bonchev–Trinajstić information content (AvgIpc) is 3.62. The zero-order valence-corrected chi connectivity index (χ0v) is 25.2. The van der Waals surface area contributed by atoms with Gasteiger partial charge in [0.05, 0.1) is 28.5 Å². The molecule has 0 aliphatic carbocycles. The fourth-order valence-corrected chi connectivity index (χ4v) is 4.45. The second kappa shape index (κ2) is 14.1. The lowest BCUT2D eigenvalue weighted by molar-refractivity contribution is 0.101. The second-order valence-electron chi connectivity index (χ2n) is 9.72. The number of ether oxygens (including phenoxy) is 2. The van der Waals surface area contributed by atoms with Crippen LogP contribution in [0.1, 0.15) is 64.9 Å². The molecule has 9 nitrogen and oxygen atoms in total. The Kier molecular flexibility index (Phi) is 10.1. The van der Waals surface area contributed by atoms with Gasteiger partial charge in [0.15, 0.2) is 11.6 Å². The third-order valence-electron chi connectivity index (χ3n) is 6.50. The molecule has 2 N–H and O–H groups in total. The first-order valence-corrected chi connectivity index (χ1v) is 13.9. The van der Waals surface area contributed by atoms with Crippen LogP contribution in [-0.4, -0.2) is 52.1 Å². The van der Waals surface area contributed by atoms with Gasteiger partial charge in [0, 0.05) is 31.9 Å². The summed E-state index contributed by atoms with van der Waals surface area (Å²) in [6.07, 6.45) is 2.64. The number of imidazole rings is 1. The van der Waals surface area contributed by atoms with Crippen LogP contribution in [0.3, 0.4) is 0 Å². The standard InChI is InChI=1S/C30H25N5O3.C4H10O/c1-5-7-20-8-6-9-22(15-20)38-23-11-13-27(18(2)14-23)35-30(31-4)24(17-32-35)28(37)29-33-25-12-10-21(19(3)36)16-26(25)34-29;1-3-4-5-2/h6,8-17,31H,1-4H3,(H,33,34);3-4H2,1-2H3. The number of ketones is 2. The van der Waals surface area contributed by atoms with Gasteiger partial charge in [-0.3, -0.25) is 9.59 Å². The Bertz CT molecular complexity index is 1820. The van der Waals surface area contributed by atoms with E-state index in [9.17, 15) is 9.59 Å². The maximum atomic E-state index is 13.4. The zero-order chi connectivity index (χ0) is 30.9. The number of hydrogen-bond donors (Lipinski definition) is 2. The van der Waals surface area contributed by atoms with Gasteiger partial charge in [-0.15, -0.1) is 5.92 Å². The molecular weight excluding hydrogens is 542 g/mol. The van der Waals surface area contributed by atoms with Crippen molar-refractivity contribution in [2.45, 2.75) is 34.1 Å². The number of aromatic amines is 1. The van der Waals surface area contributed by atoms with Gasteiger partial charge in [0.2, 0.25) is 5.78 Å². The molecule has 2 heterocycles. The number of nitrogens with one attached hydrogen (secondary N) is 2. The minimum Gasteiger partial charge on any atom is -0.457 e. The number of nitrogens with zero attached hydrogens (tertiary/aromatic N) is 3. The number of carbonyl (C=O) groups excluding carboxylic acids is 2. The van der Waals surface area contributed by atoms with Gasteiger partial charge in [-0.2, -0.15) is 5.10 Å². The van der Waals surface area contributed by atoms with Crippen molar-refractivity contribution in [3.63, 3.8) is 0 Å². The van der Waals surface area contributed by atoms with Crippen LogP contribution in [0.5, 0.6) is 11.5 Å². The van der Waals surface area contributed by atoms with Gasteiger partial charge in [-0.1, -0.05) is 18.9 Å². The Morgan fingerprint density at radius 1 is 1.07 bits per heavy atom. The molecule has 0 spiro atoms. The summed E-state index contributed by atoms with van der Waals surface area (Å²) in [6.45, 7) is 8.22. The third-order valence-corrected chi connectivity index (χ3v) is 6.50. The van der Waals surface area contributed by atoms with E-state index in [2.05, 4.69) is 39.1 Å². The number of fused-ring (bicyclic) bond motifs is 1. The molecule has 0 atom stereocenters. The molecule has 0 amide bonds. The summed E-state index contributed by atoms with van der Waals surface area (Å²) in [5.74, 6) is 7.63. The van der Waals surface area contributed by atoms with Crippen molar-refractivity contribution in [3.8, 4) is 29.0 Å². The van der Waals surface area contributed by atoms with Crippen molar-refractivity contribution < 1.29 is 19.1 Å². The zero-order valence-electron chi connectivity index (χ0n) is 25.2. The SMILES string of the molecule is CC#Cc1cccc(Oc2ccc(-n3ncc(C(=O)c4nc5ccc(C(C)=O)cc5[nH]4)c3NC)c(C)c2)c1.CCCOC. The van der Waals surface area contributed by atoms with Crippen LogP contribution < -0.4 is 10.1 Å². The number of rotatable bonds is 9. The first-order valence-electron chi connectivity index (χ1n) is 13.9. The summed E-state index contributed by atoms with van der Waals surface area (Å²) in [6, 6.07) is 18.4. The molecule has 0 fully saturated rings. The Morgan fingerprint density at radius 2 is 1.86 bits per heavy atom. The molecule has 0 saturated heterocycles. The van der Waals surface area contributed by atoms with Crippen LogP contribution in [-0.2, 0) is 4.74 Å². The topological polar surface area (TPSA) is 111 Å². The van der Waals surface area contributed by atoms with Gasteiger partial charge in [-0.05, 0) is 87.4 Å². The molecule has 0 aliphatic rings. The van der Waals surface area contributed by atoms with E-state index in [1.54, 1.807) is 44.0 Å². The van der Waals surface area contributed by atoms with E-state index in [4.69, 9.17) is 9.47 Å². The second-order valence-corrected chi connectivity index (χ2v) is 9.72. The molecule has 5 aromatic rings. The molecule has 3 aromatic carbocycles. The van der Waals surface area contributed by atoms with Crippen LogP contribution in [0, 0.1) is 18.8 Å². The van der Waals surface area contributed by atoms with E-state index >= 15 is 0 Å². The molecule has 220 valence electrons. The predicted molar refractivity (Wildman–Crippen MR) is 169 cm³/mol. The first-order chi connectivity index (χ1) is 20.8. The largest absolute Gasteiger partial charge is 0.457 e. The van der Waals surface area contributed by atoms with E-state index in [0.29, 0.717) is 39.5 Å². The maximum absolute atomic E-state index is 13.4. The maximum Gasteiger partial charge on any atom is 0.233 e. The molecular formula is C34H35N5O4. The van der Waals surface area contributed by atoms with Crippen LogP contribution in [0.15, 0.2) is 66.9 Å². The number of benzene rings is 3. The van der Waals surface area contributed by atoms with Crippen LogP contribution in [0.2, 0.25) is 0 Å². The van der Waals surface area contributed by atoms with Gasteiger partial charge >= 0.3 is 0 Å². The number of H-pyrrole nitrogens is 1. The summed E-state index contributed by atoms with van der Waals surface area (Å²) in [5, 5.41) is 7.59. The molecule has 43 heavy (non-hydrogen) atoms. The predicted octanol–water partition coefficient (Wildman–Crippen LogP) is 6.74. The number of hydrogen-bond acceptors (Lipinski definition) is 7. The van der Waals surface area contributed by atoms with Crippen molar-refractivity contribution in [1.29, 1.82) is 0 Å². The summed E-state index contributed by atoms with van der Waals surface area (Å²) in [5.41, 5.74) is 4.73. The fraction of sp³-hybridized carbons (Fsp3) is 0.235. The van der Waals surface area contributed by atoms with Crippen LogP contribution in [0.4, 0.5) is 5.82 Å². The number of methoxy groups -OCH3 is 1. The Hall–Kier alpha value is -5.20. The van der Waals surface area contributed by atoms with E-state index in [1.807, 2.05) is 49.4 Å².